The molecule has 2 N–H and O–H groups in total. The van der Waals surface area contributed by atoms with Crippen LogP contribution in [0.25, 0.3) is 44.5 Å². The normalized spacial score (nSPS) is 10.9. The van der Waals surface area contributed by atoms with Crippen molar-refractivity contribution in [3.63, 3.8) is 0 Å². The molecule has 41 heavy (non-hydrogen) atoms. The van der Waals surface area contributed by atoms with Gasteiger partial charge in [0, 0.05) is 47.1 Å². The van der Waals surface area contributed by atoms with Crippen molar-refractivity contribution in [2.75, 3.05) is 11.9 Å². The van der Waals surface area contributed by atoms with E-state index in [2.05, 4.69) is 36.2 Å². The number of phenolic OH excluding ortho intramolecular Hbond substituents is 2. The van der Waals surface area contributed by atoms with Gasteiger partial charge in [-0.25, -0.2) is 0 Å². The summed E-state index contributed by atoms with van der Waals surface area (Å²) in [5.74, 6) is 0.541. The van der Waals surface area contributed by atoms with Crippen LogP contribution in [0.2, 0.25) is 0 Å². The molecule has 0 unspecified atom stereocenters. The van der Waals surface area contributed by atoms with Gasteiger partial charge in [0.25, 0.3) is 0 Å². The highest BCUT2D eigenvalue weighted by Gasteiger charge is 2.18. The first-order valence-corrected chi connectivity index (χ1v) is 13.8. The van der Waals surface area contributed by atoms with Gasteiger partial charge in [-0.1, -0.05) is 140 Å². The molecule has 0 aliphatic heterocycles. The molecule has 3 nitrogen and oxygen atoms in total. The number of phenols is 2. The molecular weight excluding hydrogens is 502 g/mol. The van der Waals surface area contributed by atoms with Crippen LogP contribution >= 0.6 is 0 Å². The maximum absolute atomic E-state index is 11.4. The lowest BCUT2D eigenvalue weighted by Gasteiger charge is -2.25. The fourth-order valence-corrected chi connectivity index (χ4v) is 5.52. The van der Waals surface area contributed by atoms with Crippen molar-refractivity contribution < 1.29 is 10.2 Å². The van der Waals surface area contributed by atoms with E-state index < -0.39 is 0 Å². The van der Waals surface area contributed by atoms with Crippen LogP contribution in [-0.2, 0) is 6.54 Å². The first-order valence-electron chi connectivity index (χ1n) is 13.8. The quantitative estimate of drug-likeness (QED) is 0.215. The van der Waals surface area contributed by atoms with Crippen molar-refractivity contribution >= 4 is 5.69 Å². The highest BCUT2D eigenvalue weighted by atomic mass is 16.3. The van der Waals surface area contributed by atoms with Crippen LogP contribution in [0.15, 0.2) is 146 Å². The summed E-state index contributed by atoms with van der Waals surface area (Å²) in [6.45, 7) is 0.612. The maximum Gasteiger partial charge on any atom is 0.131 e. The predicted molar refractivity (Wildman–Crippen MR) is 170 cm³/mol. The lowest BCUT2D eigenvalue weighted by molar-refractivity contribution is 0.478. The molecule has 6 aromatic carbocycles. The average molecular weight is 534 g/mol. The lowest BCUT2D eigenvalue weighted by atomic mass is 9.93. The topological polar surface area (TPSA) is 43.7 Å². The third-order valence-corrected chi connectivity index (χ3v) is 7.56. The largest absolute Gasteiger partial charge is 0.507 e. The van der Waals surface area contributed by atoms with E-state index in [1.165, 1.54) is 0 Å². The average Bonchev–Trinajstić information content (AvgIpc) is 3.02. The zero-order valence-electron chi connectivity index (χ0n) is 22.9. The number of anilines is 1. The second-order valence-corrected chi connectivity index (χ2v) is 10.2. The SMILES string of the molecule is CN(Cc1ccccc1-c1cccc(-c2ccccc2)c1O)c1ccccc1-c1cccc(-c2ccccc2)c1O. The van der Waals surface area contributed by atoms with Gasteiger partial charge in [0.2, 0.25) is 0 Å². The van der Waals surface area contributed by atoms with Crippen molar-refractivity contribution in [3.05, 3.63) is 151 Å². The van der Waals surface area contributed by atoms with E-state index in [0.717, 1.165) is 55.8 Å². The Hall–Kier alpha value is -5.28. The summed E-state index contributed by atoms with van der Waals surface area (Å²) in [4.78, 5) is 2.20. The summed E-state index contributed by atoms with van der Waals surface area (Å²) in [6, 6.07) is 48.1. The summed E-state index contributed by atoms with van der Waals surface area (Å²) >= 11 is 0. The summed E-state index contributed by atoms with van der Waals surface area (Å²) in [7, 11) is 2.06. The number of para-hydroxylation sites is 3. The molecule has 0 amide bonds. The molecule has 3 heteroatoms. The van der Waals surface area contributed by atoms with E-state index in [1.807, 2.05) is 121 Å². The number of aromatic hydroxyl groups is 2. The van der Waals surface area contributed by atoms with Crippen LogP contribution in [0.1, 0.15) is 5.56 Å². The summed E-state index contributed by atoms with van der Waals surface area (Å²) < 4.78 is 0. The zero-order valence-corrected chi connectivity index (χ0v) is 22.9. The van der Waals surface area contributed by atoms with E-state index >= 15 is 0 Å². The number of rotatable bonds is 7. The maximum atomic E-state index is 11.4. The van der Waals surface area contributed by atoms with Gasteiger partial charge >= 0.3 is 0 Å². The van der Waals surface area contributed by atoms with Crippen molar-refractivity contribution in [1.29, 1.82) is 0 Å². The molecule has 200 valence electrons. The summed E-state index contributed by atoms with van der Waals surface area (Å²) in [6.07, 6.45) is 0. The van der Waals surface area contributed by atoms with Crippen LogP contribution in [0.5, 0.6) is 11.5 Å². The lowest BCUT2D eigenvalue weighted by Crippen LogP contribution is -2.17. The third-order valence-electron chi connectivity index (χ3n) is 7.56. The van der Waals surface area contributed by atoms with Crippen LogP contribution < -0.4 is 4.90 Å². The van der Waals surface area contributed by atoms with Gasteiger partial charge in [-0.15, -0.1) is 0 Å². The van der Waals surface area contributed by atoms with Crippen LogP contribution in [-0.4, -0.2) is 17.3 Å². The number of benzene rings is 6. The van der Waals surface area contributed by atoms with Gasteiger partial charge in [0.05, 0.1) is 0 Å². The van der Waals surface area contributed by atoms with Gasteiger partial charge < -0.3 is 15.1 Å². The van der Waals surface area contributed by atoms with Crippen LogP contribution in [0, 0.1) is 0 Å². The molecule has 0 aliphatic carbocycles. The molecule has 0 aromatic heterocycles. The van der Waals surface area contributed by atoms with Gasteiger partial charge in [0.1, 0.15) is 11.5 Å². The fraction of sp³-hybridized carbons (Fsp3) is 0.0526. The van der Waals surface area contributed by atoms with Crippen molar-refractivity contribution in [1.82, 2.24) is 0 Å². The Morgan fingerprint density at radius 3 is 1.41 bits per heavy atom. The first kappa shape index (κ1) is 26.0. The molecular formula is C38H31NO2. The molecule has 0 aliphatic rings. The fourth-order valence-electron chi connectivity index (χ4n) is 5.52. The molecule has 0 spiro atoms. The summed E-state index contributed by atoms with van der Waals surface area (Å²) in [5.41, 5.74) is 9.20. The predicted octanol–water partition coefficient (Wildman–Crippen LogP) is 9.40. The van der Waals surface area contributed by atoms with Crippen LogP contribution in [0.3, 0.4) is 0 Å². The molecule has 0 fully saturated rings. The molecule has 0 heterocycles. The van der Waals surface area contributed by atoms with Gasteiger partial charge in [-0.2, -0.15) is 0 Å². The van der Waals surface area contributed by atoms with Gasteiger partial charge in [0.15, 0.2) is 0 Å². The monoisotopic (exact) mass is 533 g/mol. The van der Waals surface area contributed by atoms with E-state index in [-0.39, 0.29) is 11.5 Å². The summed E-state index contributed by atoms with van der Waals surface area (Å²) in [5, 5.41) is 22.8. The van der Waals surface area contributed by atoms with E-state index in [1.54, 1.807) is 0 Å². The minimum absolute atomic E-state index is 0.266. The minimum atomic E-state index is 0.266. The Bertz CT molecular complexity index is 1800. The van der Waals surface area contributed by atoms with E-state index in [4.69, 9.17) is 0 Å². The van der Waals surface area contributed by atoms with Crippen molar-refractivity contribution in [2.24, 2.45) is 0 Å². The van der Waals surface area contributed by atoms with Gasteiger partial charge in [-0.05, 0) is 28.3 Å². The molecule has 0 saturated carbocycles. The Labute approximate surface area is 241 Å². The Balaban J connectivity index is 1.37. The molecule has 0 bridgehead atoms. The second kappa shape index (κ2) is 11.4. The highest BCUT2D eigenvalue weighted by molar-refractivity contribution is 5.88. The second-order valence-electron chi connectivity index (χ2n) is 10.2. The Morgan fingerprint density at radius 2 is 0.829 bits per heavy atom. The highest BCUT2D eigenvalue weighted by Crippen LogP contribution is 2.43. The smallest absolute Gasteiger partial charge is 0.131 e. The first-order chi connectivity index (χ1) is 20.1. The molecule has 6 aromatic rings. The van der Waals surface area contributed by atoms with Gasteiger partial charge in [-0.3, -0.25) is 0 Å². The Morgan fingerprint density at radius 1 is 0.415 bits per heavy atom. The Kier molecular flexibility index (Phi) is 7.25. The van der Waals surface area contributed by atoms with Crippen molar-refractivity contribution in [2.45, 2.75) is 6.54 Å². The molecule has 0 saturated heterocycles. The molecule has 0 atom stereocenters. The third kappa shape index (κ3) is 5.18. The number of nitrogens with zero attached hydrogens (tertiary/aromatic N) is 1. The molecule has 0 radical (unpaired) electrons. The zero-order chi connectivity index (χ0) is 28.2. The molecule has 6 rings (SSSR count). The number of hydrogen-bond acceptors (Lipinski definition) is 3. The minimum Gasteiger partial charge on any atom is -0.507 e. The van der Waals surface area contributed by atoms with Crippen molar-refractivity contribution in [3.8, 4) is 56.0 Å². The van der Waals surface area contributed by atoms with E-state index in [9.17, 15) is 10.2 Å². The van der Waals surface area contributed by atoms with Crippen LogP contribution in [0.4, 0.5) is 5.69 Å². The standard InChI is InChI=1S/C38H31NO2/c1-39(36-25-11-10-20-33(36)35-24-13-22-32(38(35)41)28-16-6-3-7-17-28)26-29-18-8-9-19-30(29)34-23-12-21-31(37(34)40)27-14-4-2-5-15-27/h2-25,40-41H,26H2,1H3. The number of hydrogen-bond donors (Lipinski definition) is 2. The van der Waals surface area contributed by atoms with E-state index in [0.29, 0.717) is 6.54 Å².